The quantitative estimate of drug-likeness (QED) is 0.169. The van der Waals surface area contributed by atoms with Crippen molar-refractivity contribution in [2.45, 2.75) is 13.8 Å². The van der Waals surface area contributed by atoms with Gasteiger partial charge in [-0.2, -0.15) is 0 Å². The van der Waals surface area contributed by atoms with Gasteiger partial charge in [0.15, 0.2) is 0 Å². The van der Waals surface area contributed by atoms with Gasteiger partial charge in [0.05, 0.1) is 33.5 Å². The van der Waals surface area contributed by atoms with E-state index < -0.39 is 5.41 Å². The minimum atomic E-state index is -0.450. The zero-order chi connectivity index (χ0) is 35.0. The molecule has 0 spiro atoms. The Hall–Kier alpha value is -6.40. The van der Waals surface area contributed by atoms with Crippen LogP contribution in [0.4, 0.5) is 0 Å². The normalized spacial score (nSPS) is 11.6. The third kappa shape index (κ3) is 6.28. The predicted molar refractivity (Wildman–Crippen MR) is 208 cm³/mol. The van der Waals surface area contributed by atoms with Crippen molar-refractivity contribution in [1.82, 2.24) is 20.6 Å². The van der Waals surface area contributed by atoms with Gasteiger partial charge in [-0.05, 0) is 51.2 Å². The van der Waals surface area contributed by atoms with E-state index in [-0.39, 0.29) is 11.8 Å². The monoisotopic (exact) mass is 664 g/mol. The predicted octanol–water partition coefficient (Wildman–Crippen LogP) is 9.61. The van der Waals surface area contributed by atoms with Crippen molar-refractivity contribution in [2.75, 3.05) is 13.1 Å². The molecule has 6 aromatic carbocycles. The molecule has 51 heavy (non-hydrogen) atoms. The Bertz CT molecular complexity index is 2440. The average Bonchev–Trinajstić information content (AvgIpc) is 3.17. The lowest BCUT2D eigenvalue weighted by Gasteiger charge is -2.26. The highest BCUT2D eigenvalue weighted by molar-refractivity contribution is 6.09. The summed E-state index contributed by atoms with van der Waals surface area (Å²) in [6.45, 7) is 4.77. The van der Waals surface area contributed by atoms with Crippen LogP contribution < -0.4 is 10.6 Å². The van der Waals surface area contributed by atoms with E-state index in [1.807, 2.05) is 123 Å². The van der Waals surface area contributed by atoms with E-state index in [0.29, 0.717) is 24.2 Å². The Labute approximate surface area is 296 Å². The van der Waals surface area contributed by atoms with Crippen LogP contribution >= 0.6 is 0 Å². The molecule has 2 heterocycles. The maximum Gasteiger partial charge on any atom is 0.252 e. The fourth-order valence-electron chi connectivity index (χ4n) is 6.79. The van der Waals surface area contributed by atoms with E-state index in [2.05, 4.69) is 47.0 Å². The summed E-state index contributed by atoms with van der Waals surface area (Å²) in [7, 11) is 0. The van der Waals surface area contributed by atoms with Crippen LogP contribution in [-0.2, 0) is 0 Å². The molecule has 248 valence electrons. The highest BCUT2D eigenvalue weighted by Crippen LogP contribution is 2.32. The highest BCUT2D eigenvalue weighted by Gasteiger charge is 2.23. The number of nitrogens with zero attached hydrogens (tertiary/aromatic N) is 2. The summed E-state index contributed by atoms with van der Waals surface area (Å²) in [6, 6.07) is 47.9. The minimum Gasteiger partial charge on any atom is -0.351 e. The highest BCUT2D eigenvalue weighted by atomic mass is 16.2. The Morgan fingerprint density at radius 2 is 0.863 bits per heavy atom. The molecule has 0 saturated heterocycles. The van der Waals surface area contributed by atoms with Gasteiger partial charge >= 0.3 is 0 Å². The number of fused-ring (bicyclic) bond motifs is 4. The van der Waals surface area contributed by atoms with Crippen LogP contribution in [0.5, 0.6) is 0 Å². The summed E-state index contributed by atoms with van der Waals surface area (Å²) in [4.78, 5) is 37.7. The van der Waals surface area contributed by atoms with E-state index in [9.17, 15) is 9.59 Å². The fourth-order valence-corrected chi connectivity index (χ4v) is 6.79. The topological polar surface area (TPSA) is 84.0 Å². The van der Waals surface area contributed by atoms with Crippen molar-refractivity contribution in [3.63, 3.8) is 0 Å². The molecule has 2 amide bonds. The van der Waals surface area contributed by atoms with Crippen LogP contribution in [0.3, 0.4) is 0 Å². The first-order valence-electron chi connectivity index (χ1n) is 17.2. The molecular formula is C45H36N4O2. The molecule has 2 aromatic heterocycles. The summed E-state index contributed by atoms with van der Waals surface area (Å²) in [5.41, 5.74) is 5.63. The molecule has 6 heteroatoms. The second kappa shape index (κ2) is 13.1. The summed E-state index contributed by atoms with van der Waals surface area (Å²) < 4.78 is 0. The van der Waals surface area contributed by atoms with E-state index in [0.717, 1.165) is 65.9 Å². The first-order chi connectivity index (χ1) is 24.8. The Kier molecular flexibility index (Phi) is 8.20. The smallest absolute Gasteiger partial charge is 0.252 e. The molecule has 8 rings (SSSR count). The maximum atomic E-state index is 13.9. The van der Waals surface area contributed by atoms with Gasteiger partial charge in [-0.1, -0.05) is 135 Å². The third-order valence-corrected chi connectivity index (χ3v) is 9.51. The number of aromatic nitrogens is 2. The molecule has 2 N–H and O–H groups in total. The molecule has 6 nitrogen and oxygen atoms in total. The number of hydrogen-bond acceptors (Lipinski definition) is 4. The summed E-state index contributed by atoms with van der Waals surface area (Å²) >= 11 is 0. The van der Waals surface area contributed by atoms with Crippen LogP contribution in [0.15, 0.2) is 146 Å². The van der Waals surface area contributed by atoms with Crippen molar-refractivity contribution in [3.05, 3.63) is 157 Å². The van der Waals surface area contributed by atoms with Gasteiger partial charge in [-0.15, -0.1) is 0 Å². The number of amides is 2. The molecule has 0 unspecified atom stereocenters. The van der Waals surface area contributed by atoms with Gasteiger partial charge in [0, 0.05) is 35.0 Å². The van der Waals surface area contributed by atoms with E-state index in [4.69, 9.17) is 9.97 Å². The zero-order valence-corrected chi connectivity index (χ0v) is 28.5. The average molecular weight is 665 g/mol. The van der Waals surface area contributed by atoms with Crippen LogP contribution in [0.2, 0.25) is 0 Å². The molecule has 0 atom stereocenters. The minimum absolute atomic E-state index is 0.186. The van der Waals surface area contributed by atoms with Gasteiger partial charge in [-0.25, -0.2) is 9.97 Å². The summed E-state index contributed by atoms with van der Waals surface area (Å²) in [6.07, 6.45) is 0. The number of carbonyl (C=O) groups excluding carboxylic acids is 2. The van der Waals surface area contributed by atoms with Crippen LogP contribution in [0, 0.1) is 5.41 Å². The molecular weight excluding hydrogens is 629 g/mol. The Morgan fingerprint density at radius 1 is 0.490 bits per heavy atom. The van der Waals surface area contributed by atoms with Gasteiger partial charge in [0.1, 0.15) is 0 Å². The maximum absolute atomic E-state index is 13.9. The summed E-state index contributed by atoms with van der Waals surface area (Å²) in [5, 5.41) is 12.3. The standard InChI is InChI=1S/C45H36N4O2/c1-45(2,27-46-43(50)37-25-41(48-39-23-9-7-19-35(37)39)33-21-11-15-29-13-3-5-17-31(29)33)28-47-44(51)38-26-42(49-40-24-10-8-20-36(38)40)34-22-12-16-30-14-4-6-18-32(30)34/h3-26H,27-28H2,1-2H3,(H,46,50)(H,47,51). The molecule has 0 aliphatic heterocycles. The molecule has 0 fully saturated rings. The van der Waals surface area contributed by atoms with E-state index >= 15 is 0 Å². The third-order valence-electron chi connectivity index (χ3n) is 9.51. The summed E-state index contributed by atoms with van der Waals surface area (Å²) in [5.74, 6) is -0.372. The number of para-hydroxylation sites is 2. The van der Waals surface area contributed by atoms with Gasteiger partial charge < -0.3 is 10.6 Å². The molecule has 0 saturated carbocycles. The first-order valence-corrected chi connectivity index (χ1v) is 17.2. The zero-order valence-electron chi connectivity index (χ0n) is 28.5. The van der Waals surface area contributed by atoms with Crippen molar-refractivity contribution in [1.29, 1.82) is 0 Å². The molecule has 0 aliphatic rings. The van der Waals surface area contributed by atoms with Gasteiger partial charge in [-0.3, -0.25) is 9.59 Å². The number of nitrogens with one attached hydrogen (secondary N) is 2. The Morgan fingerprint density at radius 3 is 1.31 bits per heavy atom. The van der Waals surface area contributed by atoms with Crippen molar-refractivity contribution in [2.24, 2.45) is 5.41 Å². The molecule has 0 radical (unpaired) electrons. The SMILES string of the molecule is CC(C)(CNC(=O)c1cc(-c2cccc3ccccc23)nc2ccccc12)CNC(=O)c1cc(-c2cccc3ccccc23)nc2ccccc12. The molecule has 0 bridgehead atoms. The van der Waals surface area contributed by atoms with Crippen LogP contribution in [0.25, 0.3) is 65.9 Å². The van der Waals surface area contributed by atoms with E-state index in [1.54, 1.807) is 0 Å². The lowest BCUT2D eigenvalue weighted by Crippen LogP contribution is -2.42. The number of pyridine rings is 2. The fraction of sp³-hybridized carbons (Fsp3) is 0.111. The van der Waals surface area contributed by atoms with E-state index in [1.165, 1.54) is 0 Å². The van der Waals surface area contributed by atoms with Crippen LogP contribution in [0.1, 0.15) is 34.6 Å². The number of rotatable bonds is 8. The van der Waals surface area contributed by atoms with Gasteiger partial charge in [0.25, 0.3) is 11.8 Å². The van der Waals surface area contributed by atoms with Gasteiger partial charge in [0.2, 0.25) is 0 Å². The number of benzene rings is 6. The van der Waals surface area contributed by atoms with Crippen molar-refractivity contribution >= 4 is 55.2 Å². The van der Waals surface area contributed by atoms with Crippen molar-refractivity contribution < 1.29 is 9.59 Å². The molecule has 0 aliphatic carbocycles. The number of carbonyl (C=O) groups is 2. The molecule has 8 aromatic rings. The second-order valence-corrected chi connectivity index (χ2v) is 13.7. The second-order valence-electron chi connectivity index (χ2n) is 13.7. The van der Waals surface area contributed by atoms with Crippen molar-refractivity contribution in [3.8, 4) is 22.5 Å². The lowest BCUT2D eigenvalue weighted by atomic mass is 9.92. The largest absolute Gasteiger partial charge is 0.351 e. The lowest BCUT2D eigenvalue weighted by molar-refractivity contribution is 0.0921. The van der Waals surface area contributed by atoms with Crippen LogP contribution in [-0.4, -0.2) is 34.9 Å². The number of hydrogen-bond donors (Lipinski definition) is 2. The first kappa shape index (κ1) is 31.8. The Balaban J connectivity index is 1.03.